The van der Waals surface area contributed by atoms with E-state index in [1.165, 1.54) is 0 Å². The molecule has 0 aliphatic rings. The molecule has 0 aliphatic carbocycles. The first kappa shape index (κ1) is 14.8. The summed E-state index contributed by atoms with van der Waals surface area (Å²) in [5.41, 5.74) is 3.53. The summed E-state index contributed by atoms with van der Waals surface area (Å²) in [5, 5.41) is 18.2. The van der Waals surface area contributed by atoms with Crippen LogP contribution in [-0.2, 0) is 6.42 Å². The molecule has 1 N–H and O–H groups in total. The van der Waals surface area contributed by atoms with E-state index < -0.39 is 5.97 Å². The molecule has 0 fully saturated rings. The quantitative estimate of drug-likeness (QED) is 0.889. The first-order chi connectivity index (χ1) is 10.2. The van der Waals surface area contributed by atoms with Crippen LogP contribution >= 0.6 is 0 Å². The SMILES string of the molecule is CCCCc1ccc(C(=O)O)c(-c2ccc(C#N)cc2)c1. The number of carboxylic acids is 1. The molecule has 0 aliphatic heterocycles. The second-order valence-electron chi connectivity index (χ2n) is 4.98. The lowest BCUT2D eigenvalue weighted by Crippen LogP contribution is -2.01. The van der Waals surface area contributed by atoms with Gasteiger partial charge in [0.1, 0.15) is 0 Å². The number of nitrogens with zero attached hydrogens (tertiary/aromatic N) is 1. The van der Waals surface area contributed by atoms with Crippen molar-refractivity contribution in [3.8, 4) is 17.2 Å². The highest BCUT2D eigenvalue weighted by molar-refractivity contribution is 5.96. The Kier molecular flexibility index (Phi) is 4.73. The molecule has 0 unspecified atom stereocenters. The van der Waals surface area contributed by atoms with E-state index in [2.05, 4.69) is 13.0 Å². The van der Waals surface area contributed by atoms with Crippen molar-refractivity contribution in [2.75, 3.05) is 0 Å². The van der Waals surface area contributed by atoms with Crippen LogP contribution in [0, 0.1) is 11.3 Å². The molecule has 21 heavy (non-hydrogen) atoms. The van der Waals surface area contributed by atoms with Gasteiger partial charge in [0.25, 0.3) is 0 Å². The third kappa shape index (κ3) is 3.49. The summed E-state index contributed by atoms with van der Waals surface area (Å²) in [5.74, 6) is -0.934. The Morgan fingerprint density at radius 1 is 1.19 bits per heavy atom. The Morgan fingerprint density at radius 3 is 2.48 bits per heavy atom. The van der Waals surface area contributed by atoms with Gasteiger partial charge in [-0.05, 0) is 47.7 Å². The molecule has 3 nitrogen and oxygen atoms in total. The summed E-state index contributed by atoms with van der Waals surface area (Å²) in [7, 11) is 0. The minimum absolute atomic E-state index is 0.292. The van der Waals surface area contributed by atoms with Gasteiger partial charge >= 0.3 is 5.97 Å². The Hall–Kier alpha value is -2.60. The van der Waals surface area contributed by atoms with Crippen LogP contribution in [0.25, 0.3) is 11.1 Å². The van der Waals surface area contributed by atoms with Crippen molar-refractivity contribution in [1.82, 2.24) is 0 Å². The highest BCUT2D eigenvalue weighted by Gasteiger charge is 2.12. The van der Waals surface area contributed by atoms with E-state index in [9.17, 15) is 9.90 Å². The summed E-state index contributed by atoms with van der Waals surface area (Å²) >= 11 is 0. The van der Waals surface area contributed by atoms with E-state index in [1.54, 1.807) is 30.3 Å². The van der Waals surface area contributed by atoms with Gasteiger partial charge in [-0.15, -0.1) is 0 Å². The topological polar surface area (TPSA) is 61.1 Å². The van der Waals surface area contributed by atoms with Gasteiger partial charge in [0.05, 0.1) is 17.2 Å². The molecular weight excluding hydrogens is 262 g/mol. The van der Waals surface area contributed by atoms with Gasteiger partial charge < -0.3 is 5.11 Å². The second-order valence-corrected chi connectivity index (χ2v) is 4.98. The number of aryl methyl sites for hydroxylation is 1. The maximum atomic E-state index is 11.4. The van der Waals surface area contributed by atoms with Crippen molar-refractivity contribution in [3.63, 3.8) is 0 Å². The average molecular weight is 279 g/mol. The number of carboxylic acid groups (broad SMARTS) is 1. The Balaban J connectivity index is 2.46. The number of benzene rings is 2. The summed E-state index contributed by atoms with van der Waals surface area (Å²) < 4.78 is 0. The molecule has 0 aromatic heterocycles. The van der Waals surface area contributed by atoms with Crippen molar-refractivity contribution >= 4 is 5.97 Å². The largest absolute Gasteiger partial charge is 0.478 e. The number of rotatable bonds is 5. The van der Waals surface area contributed by atoms with Gasteiger partial charge in [-0.2, -0.15) is 5.26 Å². The highest BCUT2D eigenvalue weighted by atomic mass is 16.4. The predicted octanol–water partition coefficient (Wildman–Crippen LogP) is 4.27. The first-order valence-electron chi connectivity index (χ1n) is 7.02. The number of hydrogen-bond acceptors (Lipinski definition) is 2. The van der Waals surface area contributed by atoms with E-state index >= 15 is 0 Å². The lowest BCUT2D eigenvalue weighted by molar-refractivity contribution is 0.0697. The van der Waals surface area contributed by atoms with Crippen LogP contribution in [0.3, 0.4) is 0 Å². The maximum absolute atomic E-state index is 11.4. The zero-order valence-corrected chi connectivity index (χ0v) is 12.0. The van der Waals surface area contributed by atoms with Crippen molar-refractivity contribution < 1.29 is 9.90 Å². The zero-order chi connectivity index (χ0) is 15.2. The van der Waals surface area contributed by atoms with E-state index in [4.69, 9.17) is 5.26 Å². The normalized spacial score (nSPS) is 10.1. The molecule has 0 saturated carbocycles. The second kappa shape index (κ2) is 6.71. The van der Waals surface area contributed by atoms with E-state index in [0.29, 0.717) is 16.7 Å². The summed E-state index contributed by atoms with van der Waals surface area (Å²) in [6, 6.07) is 14.6. The van der Waals surface area contributed by atoms with Gasteiger partial charge in [-0.1, -0.05) is 37.6 Å². The maximum Gasteiger partial charge on any atom is 0.336 e. The van der Waals surface area contributed by atoms with Crippen LogP contribution in [0.2, 0.25) is 0 Å². The third-order valence-corrected chi connectivity index (χ3v) is 3.46. The zero-order valence-electron chi connectivity index (χ0n) is 12.0. The molecule has 2 aromatic carbocycles. The molecule has 0 amide bonds. The molecule has 2 rings (SSSR count). The van der Waals surface area contributed by atoms with Crippen LogP contribution in [0.1, 0.15) is 41.3 Å². The van der Waals surface area contributed by atoms with Gasteiger partial charge in [-0.25, -0.2) is 4.79 Å². The number of nitriles is 1. The molecule has 106 valence electrons. The summed E-state index contributed by atoms with van der Waals surface area (Å²) in [6.45, 7) is 2.13. The predicted molar refractivity (Wildman–Crippen MR) is 82.2 cm³/mol. The molecule has 0 atom stereocenters. The monoisotopic (exact) mass is 279 g/mol. The van der Waals surface area contributed by atoms with Crippen molar-refractivity contribution in [3.05, 3.63) is 59.2 Å². The molecule has 0 radical (unpaired) electrons. The van der Waals surface area contributed by atoms with E-state index in [-0.39, 0.29) is 0 Å². The standard InChI is InChI=1S/C18H17NO2/c1-2-3-4-13-7-10-16(18(20)21)17(11-13)15-8-5-14(12-19)6-9-15/h5-11H,2-4H2,1H3,(H,20,21). The highest BCUT2D eigenvalue weighted by Crippen LogP contribution is 2.26. The fraction of sp³-hybridized carbons (Fsp3) is 0.222. The van der Waals surface area contributed by atoms with Crippen LogP contribution in [0.5, 0.6) is 0 Å². The smallest absolute Gasteiger partial charge is 0.336 e. The third-order valence-electron chi connectivity index (χ3n) is 3.46. The fourth-order valence-electron chi connectivity index (χ4n) is 2.28. The van der Waals surface area contributed by atoms with Gasteiger partial charge in [-0.3, -0.25) is 0 Å². The molecule has 0 saturated heterocycles. The minimum atomic E-state index is -0.934. The minimum Gasteiger partial charge on any atom is -0.478 e. The van der Waals surface area contributed by atoms with Gasteiger partial charge in [0, 0.05) is 0 Å². The first-order valence-corrected chi connectivity index (χ1v) is 7.02. The Labute approximate surface area is 124 Å². The fourth-order valence-corrected chi connectivity index (χ4v) is 2.28. The molecule has 2 aromatic rings. The van der Waals surface area contributed by atoms with Crippen LogP contribution < -0.4 is 0 Å². The molecule has 3 heteroatoms. The molecule has 0 heterocycles. The number of unbranched alkanes of at least 4 members (excludes halogenated alkanes) is 1. The van der Waals surface area contributed by atoms with Gasteiger partial charge in [0.2, 0.25) is 0 Å². The number of hydrogen-bond donors (Lipinski definition) is 1. The van der Waals surface area contributed by atoms with Crippen LogP contribution in [0.4, 0.5) is 0 Å². The molecular formula is C18H17NO2. The molecule has 0 bridgehead atoms. The number of aromatic carboxylic acids is 1. The van der Waals surface area contributed by atoms with E-state index in [0.717, 1.165) is 30.4 Å². The summed E-state index contributed by atoms with van der Waals surface area (Å²) in [6.07, 6.45) is 3.13. The lowest BCUT2D eigenvalue weighted by atomic mass is 9.95. The summed E-state index contributed by atoms with van der Waals surface area (Å²) in [4.78, 5) is 11.4. The Morgan fingerprint density at radius 2 is 1.90 bits per heavy atom. The Bertz CT molecular complexity index is 681. The average Bonchev–Trinajstić information content (AvgIpc) is 2.52. The number of carbonyl (C=O) groups is 1. The molecule has 0 spiro atoms. The van der Waals surface area contributed by atoms with Crippen LogP contribution in [-0.4, -0.2) is 11.1 Å². The van der Waals surface area contributed by atoms with Crippen molar-refractivity contribution in [1.29, 1.82) is 5.26 Å². The van der Waals surface area contributed by atoms with Crippen molar-refractivity contribution in [2.45, 2.75) is 26.2 Å². The van der Waals surface area contributed by atoms with Gasteiger partial charge in [0.15, 0.2) is 0 Å². The lowest BCUT2D eigenvalue weighted by Gasteiger charge is -2.09. The van der Waals surface area contributed by atoms with Crippen molar-refractivity contribution in [2.24, 2.45) is 0 Å². The van der Waals surface area contributed by atoms with Crippen LogP contribution in [0.15, 0.2) is 42.5 Å². The van der Waals surface area contributed by atoms with E-state index in [1.807, 2.05) is 12.1 Å².